The number of benzene rings is 2. The number of carbonyl (C=O) groups is 1. The van der Waals surface area contributed by atoms with Gasteiger partial charge in [-0.3, -0.25) is 19.3 Å². The summed E-state index contributed by atoms with van der Waals surface area (Å²) in [5.74, 6) is -0.552. The van der Waals surface area contributed by atoms with E-state index in [-0.39, 0.29) is 35.1 Å². The normalized spacial score (nSPS) is 10.9. The van der Waals surface area contributed by atoms with Crippen LogP contribution in [0.5, 0.6) is 11.5 Å². The van der Waals surface area contributed by atoms with Gasteiger partial charge in [0.25, 0.3) is 11.6 Å². The van der Waals surface area contributed by atoms with Gasteiger partial charge >= 0.3 is 0 Å². The number of hydrogen-bond acceptors (Lipinski definition) is 7. The Labute approximate surface area is 191 Å². The molecular weight excluding hydrogens is 451 g/mol. The smallest absolute Gasteiger partial charge is 0.286 e. The molecule has 2 heterocycles. The maximum absolute atomic E-state index is 13.2. The fraction of sp³-hybridized carbons (Fsp3) is 0.182. The summed E-state index contributed by atoms with van der Waals surface area (Å²) >= 11 is 1.39. The molecule has 0 bridgehead atoms. The monoisotopic (exact) mass is 470 g/mol. The number of fused-ring (bicyclic) bond motifs is 1. The van der Waals surface area contributed by atoms with Gasteiger partial charge in [0.1, 0.15) is 11.4 Å². The summed E-state index contributed by atoms with van der Waals surface area (Å²) in [5.41, 5.74) is 1.86. The molecular formula is C22H19FN4O5S. The lowest BCUT2D eigenvalue weighted by molar-refractivity contribution is -0.385. The summed E-state index contributed by atoms with van der Waals surface area (Å²) in [5, 5.41) is 14.2. The highest BCUT2D eigenvalue weighted by atomic mass is 32.1. The van der Waals surface area contributed by atoms with Gasteiger partial charge in [0.15, 0.2) is 16.5 Å². The number of carbonyl (C=O) groups excluding carboxylic acids is 1. The average molecular weight is 470 g/mol. The minimum atomic E-state index is -0.641. The van der Waals surface area contributed by atoms with Gasteiger partial charge < -0.3 is 14.8 Å². The molecule has 1 N–H and O–H groups in total. The van der Waals surface area contributed by atoms with Crippen molar-refractivity contribution in [2.75, 3.05) is 14.2 Å². The number of ether oxygens (including phenoxy) is 2. The number of aromatic nitrogens is 2. The van der Waals surface area contributed by atoms with Crippen LogP contribution in [0, 0.1) is 22.9 Å². The highest BCUT2D eigenvalue weighted by molar-refractivity contribution is 7.17. The van der Waals surface area contributed by atoms with Crippen LogP contribution in [0.4, 0.5) is 10.1 Å². The largest absolute Gasteiger partial charge is 0.493 e. The summed E-state index contributed by atoms with van der Waals surface area (Å²) in [4.78, 5) is 29.8. The molecule has 0 saturated heterocycles. The molecule has 9 nitrogen and oxygen atoms in total. The number of methoxy groups -OCH3 is 2. The van der Waals surface area contributed by atoms with Gasteiger partial charge in [-0.2, -0.15) is 0 Å². The quantitative estimate of drug-likeness (QED) is 0.318. The van der Waals surface area contributed by atoms with Gasteiger partial charge in [0.2, 0.25) is 0 Å². The van der Waals surface area contributed by atoms with Crippen LogP contribution in [0.1, 0.15) is 20.9 Å². The van der Waals surface area contributed by atoms with E-state index in [2.05, 4.69) is 10.3 Å². The van der Waals surface area contributed by atoms with Gasteiger partial charge in [-0.05, 0) is 31.2 Å². The maximum atomic E-state index is 13.2. The standard InChI is InChI=1S/C22H19FN4O5S/c1-12-20(33-22-25-16(11-26(12)22)13-4-6-14(23)7-5-13)10-24-21(28)15-8-18(31-2)19(32-3)9-17(15)27(29)30/h4-9,11H,10H2,1-3H3,(H,24,28). The molecule has 1 amide bonds. The van der Waals surface area contributed by atoms with Crippen molar-refractivity contribution in [1.29, 1.82) is 0 Å². The lowest BCUT2D eigenvalue weighted by Crippen LogP contribution is -2.23. The molecule has 0 spiro atoms. The molecule has 2 aromatic heterocycles. The highest BCUT2D eigenvalue weighted by Gasteiger charge is 2.25. The second-order valence-electron chi connectivity index (χ2n) is 7.06. The summed E-state index contributed by atoms with van der Waals surface area (Å²) < 4.78 is 25.3. The molecule has 0 aliphatic rings. The first-order valence-corrected chi connectivity index (χ1v) is 10.6. The first-order valence-electron chi connectivity index (χ1n) is 9.74. The van der Waals surface area contributed by atoms with Crippen LogP contribution in [-0.2, 0) is 6.54 Å². The predicted octanol–water partition coefficient (Wildman–Crippen LogP) is 4.37. The molecule has 0 fully saturated rings. The number of nitro groups is 1. The van der Waals surface area contributed by atoms with E-state index in [0.717, 1.165) is 22.2 Å². The summed E-state index contributed by atoms with van der Waals surface area (Å²) in [6, 6.07) is 8.53. The van der Waals surface area contributed by atoms with Crippen LogP contribution < -0.4 is 14.8 Å². The molecule has 170 valence electrons. The van der Waals surface area contributed by atoms with Crippen molar-refractivity contribution in [2.24, 2.45) is 0 Å². The Bertz CT molecular complexity index is 1360. The fourth-order valence-electron chi connectivity index (χ4n) is 3.37. The van der Waals surface area contributed by atoms with Gasteiger partial charge in [0.05, 0.1) is 37.4 Å². The van der Waals surface area contributed by atoms with E-state index in [9.17, 15) is 19.3 Å². The Balaban J connectivity index is 1.57. The number of nitrogens with zero attached hydrogens (tertiary/aromatic N) is 3. The molecule has 4 aromatic rings. The van der Waals surface area contributed by atoms with E-state index in [1.807, 2.05) is 17.5 Å². The number of nitrogens with one attached hydrogen (secondary N) is 1. The Morgan fingerprint density at radius 1 is 1.21 bits per heavy atom. The van der Waals surface area contributed by atoms with Gasteiger partial charge in [-0.25, -0.2) is 9.37 Å². The number of halogens is 1. The van der Waals surface area contributed by atoms with Crippen molar-refractivity contribution < 1.29 is 23.6 Å². The van der Waals surface area contributed by atoms with Crippen molar-refractivity contribution in [1.82, 2.24) is 14.7 Å². The zero-order valence-corrected chi connectivity index (χ0v) is 18.7. The van der Waals surface area contributed by atoms with Crippen molar-refractivity contribution in [3.05, 3.63) is 74.7 Å². The SMILES string of the molecule is COc1cc(C(=O)NCc2sc3nc(-c4ccc(F)cc4)cn3c2C)c([N+](=O)[O-])cc1OC. The van der Waals surface area contributed by atoms with E-state index < -0.39 is 10.8 Å². The minimum Gasteiger partial charge on any atom is -0.493 e. The van der Waals surface area contributed by atoms with Crippen LogP contribution in [0.3, 0.4) is 0 Å². The molecule has 0 atom stereocenters. The number of nitro benzene ring substituents is 1. The van der Waals surface area contributed by atoms with E-state index in [4.69, 9.17) is 9.47 Å². The van der Waals surface area contributed by atoms with E-state index in [1.54, 1.807) is 12.1 Å². The van der Waals surface area contributed by atoms with E-state index in [0.29, 0.717) is 10.7 Å². The third kappa shape index (κ3) is 4.22. The summed E-state index contributed by atoms with van der Waals surface area (Å²) in [6.45, 7) is 2.05. The Morgan fingerprint density at radius 3 is 2.48 bits per heavy atom. The van der Waals surface area contributed by atoms with Crippen molar-refractivity contribution in [2.45, 2.75) is 13.5 Å². The molecule has 0 radical (unpaired) electrons. The molecule has 2 aromatic carbocycles. The maximum Gasteiger partial charge on any atom is 0.286 e. The zero-order chi connectivity index (χ0) is 23.7. The third-order valence-electron chi connectivity index (χ3n) is 5.15. The van der Waals surface area contributed by atoms with Gasteiger partial charge in [-0.1, -0.05) is 11.3 Å². The van der Waals surface area contributed by atoms with Crippen LogP contribution in [-0.4, -0.2) is 34.4 Å². The Morgan fingerprint density at radius 2 is 1.88 bits per heavy atom. The van der Waals surface area contributed by atoms with Crippen LogP contribution in [0.15, 0.2) is 42.6 Å². The van der Waals surface area contributed by atoms with E-state index >= 15 is 0 Å². The van der Waals surface area contributed by atoms with Crippen molar-refractivity contribution in [3.8, 4) is 22.8 Å². The molecule has 11 heteroatoms. The third-order valence-corrected chi connectivity index (χ3v) is 6.30. The Kier molecular flexibility index (Phi) is 5.97. The van der Waals surface area contributed by atoms with Crippen LogP contribution in [0.2, 0.25) is 0 Å². The van der Waals surface area contributed by atoms with Crippen molar-refractivity contribution >= 4 is 27.9 Å². The lowest BCUT2D eigenvalue weighted by atomic mass is 10.1. The van der Waals surface area contributed by atoms with Gasteiger partial charge in [0, 0.05) is 28.4 Å². The number of thiazole rings is 1. The van der Waals surface area contributed by atoms with Gasteiger partial charge in [-0.15, -0.1) is 0 Å². The summed E-state index contributed by atoms with van der Waals surface area (Å²) in [7, 11) is 2.75. The molecule has 0 saturated carbocycles. The second kappa shape index (κ2) is 8.87. The van der Waals surface area contributed by atoms with Crippen LogP contribution >= 0.6 is 11.3 Å². The topological polar surface area (TPSA) is 108 Å². The molecule has 0 aliphatic carbocycles. The average Bonchev–Trinajstić information content (AvgIpc) is 3.35. The number of aryl methyl sites for hydroxylation is 1. The van der Waals surface area contributed by atoms with Crippen LogP contribution in [0.25, 0.3) is 16.2 Å². The molecule has 0 unspecified atom stereocenters. The number of hydrogen-bond donors (Lipinski definition) is 1. The fourth-order valence-corrected chi connectivity index (χ4v) is 4.42. The molecule has 4 rings (SSSR count). The zero-order valence-electron chi connectivity index (χ0n) is 17.9. The Hall–Kier alpha value is -3.99. The molecule has 0 aliphatic heterocycles. The van der Waals surface area contributed by atoms with Crippen molar-refractivity contribution in [3.63, 3.8) is 0 Å². The highest BCUT2D eigenvalue weighted by Crippen LogP contribution is 2.34. The second-order valence-corrected chi connectivity index (χ2v) is 8.12. The number of amides is 1. The first kappa shape index (κ1) is 22.2. The minimum absolute atomic E-state index is 0.129. The number of rotatable bonds is 7. The molecule has 33 heavy (non-hydrogen) atoms. The number of imidazole rings is 1. The summed E-state index contributed by atoms with van der Waals surface area (Å²) in [6.07, 6.45) is 1.85. The van der Waals surface area contributed by atoms with E-state index in [1.165, 1.54) is 43.8 Å². The first-order chi connectivity index (χ1) is 15.8. The predicted molar refractivity (Wildman–Crippen MR) is 121 cm³/mol. The lowest BCUT2D eigenvalue weighted by Gasteiger charge is -2.11.